The molecule has 0 amide bonds. The Morgan fingerprint density at radius 2 is 2.06 bits per heavy atom. The largest absolute Gasteiger partial charge is 0.480 e. The second-order valence-electron chi connectivity index (χ2n) is 4.36. The molecule has 17 heavy (non-hydrogen) atoms. The van der Waals surface area contributed by atoms with Crippen molar-refractivity contribution in [3.8, 4) is 0 Å². The van der Waals surface area contributed by atoms with Crippen LogP contribution in [-0.4, -0.2) is 26.6 Å². The van der Waals surface area contributed by atoms with E-state index in [-0.39, 0.29) is 12.1 Å². The Morgan fingerprint density at radius 3 is 2.71 bits per heavy atom. The van der Waals surface area contributed by atoms with Crippen molar-refractivity contribution < 1.29 is 9.90 Å². The smallest absolute Gasteiger partial charge is 0.323 e. The van der Waals surface area contributed by atoms with Crippen LogP contribution < -0.4 is 11.4 Å². The van der Waals surface area contributed by atoms with Gasteiger partial charge >= 0.3 is 11.7 Å². The van der Waals surface area contributed by atoms with Crippen molar-refractivity contribution >= 4 is 17.0 Å². The molecule has 0 saturated heterocycles. The molecule has 0 bridgehead atoms. The number of imidazole rings is 1. The average molecular weight is 235 g/mol. The molecule has 1 aromatic carbocycles. The van der Waals surface area contributed by atoms with Gasteiger partial charge in [0, 0.05) is 6.42 Å². The van der Waals surface area contributed by atoms with E-state index in [1.165, 1.54) is 6.92 Å². The molecule has 90 valence electrons. The molecule has 0 spiro atoms. The van der Waals surface area contributed by atoms with E-state index in [2.05, 4.69) is 9.97 Å². The summed E-state index contributed by atoms with van der Waals surface area (Å²) in [7, 11) is 0. The summed E-state index contributed by atoms with van der Waals surface area (Å²) in [5, 5.41) is 8.93. The minimum atomic E-state index is -1.32. The van der Waals surface area contributed by atoms with Gasteiger partial charge in [-0.1, -0.05) is 6.07 Å². The van der Waals surface area contributed by atoms with Gasteiger partial charge in [-0.2, -0.15) is 0 Å². The first-order valence-electron chi connectivity index (χ1n) is 5.12. The lowest BCUT2D eigenvalue weighted by atomic mass is 9.94. The van der Waals surface area contributed by atoms with E-state index < -0.39 is 11.5 Å². The third kappa shape index (κ3) is 2.21. The highest BCUT2D eigenvalue weighted by Gasteiger charge is 2.28. The molecule has 2 rings (SSSR count). The van der Waals surface area contributed by atoms with E-state index in [1.807, 2.05) is 0 Å². The van der Waals surface area contributed by atoms with Crippen molar-refractivity contribution in [2.24, 2.45) is 5.73 Å². The van der Waals surface area contributed by atoms with E-state index in [1.54, 1.807) is 18.2 Å². The predicted octanol–water partition coefficient (Wildman–Crippen LogP) is 0.201. The van der Waals surface area contributed by atoms with Crippen LogP contribution in [0.4, 0.5) is 0 Å². The zero-order valence-electron chi connectivity index (χ0n) is 9.28. The number of carboxylic acid groups (broad SMARTS) is 1. The van der Waals surface area contributed by atoms with Crippen molar-refractivity contribution in [3.05, 3.63) is 34.2 Å². The monoisotopic (exact) mass is 235 g/mol. The molecule has 6 heteroatoms. The number of fused-ring (bicyclic) bond motifs is 1. The standard InChI is InChI=1S/C11H13N3O3/c1-11(12,9(15)16)5-6-2-3-7-8(4-6)14-10(17)13-7/h2-4H,5,12H2,1H3,(H,15,16)(H2,13,14,17). The third-order valence-electron chi connectivity index (χ3n) is 2.64. The van der Waals surface area contributed by atoms with Crippen LogP contribution in [0.1, 0.15) is 12.5 Å². The highest BCUT2D eigenvalue weighted by Crippen LogP contribution is 2.15. The molecule has 0 aliphatic heterocycles. The summed E-state index contributed by atoms with van der Waals surface area (Å²) < 4.78 is 0. The molecule has 0 radical (unpaired) electrons. The fraction of sp³-hybridized carbons (Fsp3) is 0.273. The van der Waals surface area contributed by atoms with Gasteiger partial charge in [0.05, 0.1) is 11.0 Å². The zero-order valence-corrected chi connectivity index (χ0v) is 9.28. The minimum absolute atomic E-state index is 0.200. The van der Waals surface area contributed by atoms with E-state index in [0.717, 1.165) is 5.56 Å². The second-order valence-corrected chi connectivity index (χ2v) is 4.36. The topological polar surface area (TPSA) is 112 Å². The van der Waals surface area contributed by atoms with E-state index in [4.69, 9.17) is 10.8 Å². The maximum atomic E-state index is 11.1. The Balaban J connectivity index is 2.37. The van der Waals surface area contributed by atoms with Gasteiger partial charge in [0.25, 0.3) is 0 Å². The Hall–Kier alpha value is -2.08. The van der Waals surface area contributed by atoms with Crippen LogP contribution in [0.3, 0.4) is 0 Å². The zero-order chi connectivity index (χ0) is 12.6. The summed E-state index contributed by atoms with van der Waals surface area (Å²) >= 11 is 0. The van der Waals surface area contributed by atoms with Gasteiger partial charge in [0.15, 0.2) is 0 Å². The number of nitrogens with one attached hydrogen (secondary N) is 2. The van der Waals surface area contributed by atoms with Crippen LogP contribution in [-0.2, 0) is 11.2 Å². The molecule has 0 aliphatic carbocycles. The number of benzene rings is 1. The van der Waals surface area contributed by atoms with Crippen LogP contribution in [0.25, 0.3) is 11.0 Å². The number of rotatable bonds is 3. The molecule has 0 saturated carbocycles. The molecule has 1 atom stereocenters. The number of hydrogen-bond acceptors (Lipinski definition) is 3. The first-order chi connectivity index (χ1) is 7.88. The number of aromatic amines is 2. The summed E-state index contributed by atoms with van der Waals surface area (Å²) in [6.07, 6.45) is 0.200. The number of carbonyl (C=O) groups is 1. The predicted molar refractivity (Wildman–Crippen MR) is 62.9 cm³/mol. The number of nitrogens with two attached hydrogens (primary N) is 1. The van der Waals surface area contributed by atoms with Gasteiger partial charge in [-0.15, -0.1) is 0 Å². The van der Waals surface area contributed by atoms with Crippen molar-refractivity contribution in [2.75, 3.05) is 0 Å². The Kier molecular flexibility index (Phi) is 2.51. The molecule has 6 nitrogen and oxygen atoms in total. The normalized spacial score (nSPS) is 14.7. The van der Waals surface area contributed by atoms with Gasteiger partial charge in [-0.05, 0) is 24.6 Å². The number of H-pyrrole nitrogens is 2. The van der Waals surface area contributed by atoms with Crippen LogP contribution in [0.2, 0.25) is 0 Å². The van der Waals surface area contributed by atoms with Crippen LogP contribution in [0, 0.1) is 0 Å². The summed E-state index contributed by atoms with van der Waals surface area (Å²) in [5.74, 6) is -1.06. The fourth-order valence-electron chi connectivity index (χ4n) is 1.69. The van der Waals surface area contributed by atoms with Gasteiger partial charge in [-0.25, -0.2) is 4.79 Å². The number of hydrogen-bond donors (Lipinski definition) is 4. The van der Waals surface area contributed by atoms with Gasteiger partial charge in [0.1, 0.15) is 5.54 Å². The molecular weight excluding hydrogens is 222 g/mol. The van der Waals surface area contributed by atoms with Crippen LogP contribution in [0.5, 0.6) is 0 Å². The Bertz CT molecular complexity index is 624. The number of carboxylic acids is 1. The maximum Gasteiger partial charge on any atom is 0.323 e. The maximum absolute atomic E-state index is 11.1. The third-order valence-corrected chi connectivity index (χ3v) is 2.64. The summed E-state index contributed by atoms with van der Waals surface area (Å²) in [6, 6.07) is 5.20. The van der Waals surface area contributed by atoms with E-state index in [0.29, 0.717) is 11.0 Å². The first kappa shape index (κ1) is 11.4. The molecule has 1 aromatic heterocycles. The van der Waals surface area contributed by atoms with Crippen molar-refractivity contribution in [2.45, 2.75) is 18.9 Å². The van der Waals surface area contributed by atoms with E-state index in [9.17, 15) is 9.59 Å². The SMILES string of the molecule is CC(N)(Cc1ccc2[nH]c(=O)[nH]c2c1)C(=O)O. The van der Waals surface area contributed by atoms with Gasteiger partial charge in [-0.3, -0.25) is 4.79 Å². The Morgan fingerprint density at radius 1 is 1.41 bits per heavy atom. The molecule has 5 N–H and O–H groups in total. The molecule has 1 heterocycles. The molecule has 0 fully saturated rings. The van der Waals surface area contributed by atoms with Crippen molar-refractivity contribution in [3.63, 3.8) is 0 Å². The molecule has 1 unspecified atom stereocenters. The van der Waals surface area contributed by atoms with Gasteiger partial charge in [0.2, 0.25) is 0 Å². The first-order valence-corrected chi connectivity index (χ1v) is 5.12. The Labute approximate surface area is 96.5 Å². The van der Waals surface area contributed by atoms with E-state index >= 15 is 0 Å². The molecule has 0 aliphatic rings. The fourth-order valence-corrected chi connectivity index (χ4v) is 1.69. The van der Waals surface area contributed by atoms with Crippen molar-refractivity contribution in [1.82, 2.24) is 9.97 Å². The minimum Gasteiger partial charge on any atom is -0.480 e. The average Bonchev–Trinajstić information content (AvgIpc) is 2.56. The lowest BCUT2D eigenvalue weighted by Gasteiger charge is -2.18. The highest BCUT2D eigenvalue weighted by molar-refractivity contribution is 5.79. The van der Waals surface area contributed by atoms with Gasteiger partial charge < -0.3 is 20.8 Å². The molecule has 2 aromatic rings. The lowest BCUT2D eigenvalue weighted by molar-refractivity contribution is -0.142. The summed E-state index contributed by atoms with van der Waals surface area (Å²) in [6.45, 7) is 1.46. The number of aromatic nitrogens is 2. The summed E-state index contributed by atoms with van der Waals surface area (Å²) in [4.78, 5) is 27.2. The van der Waals surface area contributed by atoms with Crippen LogP contribution in [0.15, 0.2) is 23.0 Å². The number of aliphatic carboxylic acids is 1. The lowest BCUT2D eigenvalue weighted by Crippen LogP contribution is -2.46. The quantitative estimate of drug-likeness (QED) is 0.608. The molecular formula is C11H13N3O3. The highest BCUT2D eigenvalue weighted by atomic mass is 16.4. The van der Waals surface area contributed by atoms with Crippen LogP contribution >= 0.6 is 0 Å². The second kappa shape index (κ2) is 3.74. The van der Waals surface area contributed by atoms with Crippen molar-refractivity contribution in [1.29, 1.82) is 0 Å². The summed E-state index contributed by atoms with van der Waals surface area (Å²) in [5.41, 5.74) is 6.16.